The maximum Gasteiger partial charge on any atom is 0.411 e. The molecule has 2 unspecified atom stereocenters. The Balaban J connectivity index is 1.60. The lowest BCUT2D eigenvalue weighted by molar-refractivity contribution is -0.137. The molecule has 210 valence electrons. The SMILES string of the molecule is Cc1cc2cc(C)c1CCOC(=O)Nc1cccc(c1)C(CC(=O)O)NC(=O)C2Nc1ccc2nc[nH]c(=O)c2c1. The number of hydrogen-bond donors (Lipinski definition) is 5. The number of ether oxygens (including phenoxy) is 1. The highest BCUT2D eigenvalue weighted by atomic mass is 16.5. The van der Waals surface area contributed by atoms with Crippen molar-refractivity contribution in [1.82, 2.24) is 15.3 Å². The van der Waals surface area contributed by atoms with E-state index in [1.807, 2.05) is 26.0 Å². The van der Waals surface area contributed by atoms with Crippen LogP contribution in [0, 0.1) is 13.8 Å². The summed E-state index contributed by atoms with van der Waals surface area (Å²) in [5.74, 6) is -1.57. The highest BCUT2D eigenvalue weighted by Crippen LogP contribution is 2.29. The molecule has 4 aromatic rings. The Hall–Kier alpha value is -5.19. The van der Waals surface area contributed by atoms with Crippen molar-refractivity contribution in [2.45, 2.75) is 38.8 Å². The smallest absolute Gasteiger partial charge is 0.411 e. The van der Waals surface area contributed by atoms with Crippen molar-refractivity contribution < 1.29 is 24.2 Å². The summed E-state index contributed by atoms with van der Waals surface area (Å²) in [7, 11) is 0. The minimum absolute atomic E-state index is 0.149. The lowest BCUT2D eigenvalue weighted by Gasteiger charge is -2.26. The molecule has 0 fully saturated rings. The maximum absolute atomic E-state index is 14.0. The van der Waals surface area contributed by atoms with Gasteiger partial charge in [0.2, 0.25) is 5.91 Å². The molecule has 2 aliphatic rings. The highest BCUT2D eigenvalue weighted by molar-refractivity contribution is 5.89. The molecule has 2 atom stereocenters. The van der Waals surface area contributed by atoms with Crippen LogP contribution in [0.1, 0.15) is 46.3 Å². The molecule has 11 heteroatoms. The summed E-state index contributed by atoms with van der Waals surface area (Å²) in [5, 5.41) is 18.8. The first-order valence-corrected chi connectivity index (χ1v) is 13.1. The van der Waals surface area contributed by atoms with Crippen molar-refractivity contribution in [3.63, 3.8) is 0 Å². The van der Waals surface area contributed by atoms with Crippen LogP contribution in [0.2, 0.25) is 0 Å². The van der Waals surface area contributed by atoms with Gasteiger partial charge in [-0.2, -0.15) is 0 Å². The molecule has 5 N–H and O–H groups in total. The van der Waals surface area contributed by atoms with Crippen LogP contribution in [0.15, 0.2) is 65.7 Å². The molecule has 0 saturated heterocycles. The number of aryl methyl sites for hydroxylation is 2. The van der Waals surface area contributed by atoms with Crippen molar-refractivity contribution in [2.75, 3.05) is 17.2 Å². The molecule has 1 aromatic heterocycles. The number of rotatable bonds is 4. The van der Waals surface area contributed by atoms with Crippen molar-refractivity contribution in [3.8, 4) is 0 Å². The summed E-state index contributed by atoms with van der Waals surface area (Å²) in [6.45, 7) is 3.99. The maximum atomic E-state index is 14.0. The first-order chi connectivity index (χ1) is 19.7. The molecule has 11 nitrogen and oxygen atoms in total. The van der Waals surface area contributed by atoms with Gasteiger partial charge in [0, 0.05) is 17.8 Å². The number of hydrogen-bond acceptors (Lipinski definition) is 7. The monoisotopic (exact) mass is 555 g/mol. The van der Waals surface area contributed by atoms with E-state index in [1.165, 1.54) is 6.33 Å². The molecule has 3 aromatic carbocycles. The molecule has 6 rings (SSSR count). The van der Waals surface area contributed by atoms with Crippen molar-refractivity contribution in [1.29, 1.82) is 0 Å². The van der Waals surface area contributed by atoms with Crippen LogP contribution in [0.5, 0.6) is 0 Å². The predicted molar refractivity (Wildman–Crippen MR) is 153 cm³/mol. The second-order valence-electron chi connectivity index (χ2n) is 9.97. The summed E-state index contributed by atoms with van der Waals surface area (Å²) in [4.78, 5) is 57.3. The number of anilines is 2. The topological polar surface area (TPSA) is 163 Å². The van der Waals surface area contributed by atoms with E-state index in [0.717, 1.165) is 16.7 Å². The Bertz CT molecular complexity index is 1690. The van der Waals surface area contributed by atoms with Gasteiger partial charge in [-0.1, -0.05) is 24.3 Å². The summed E-state index contributed by atoms with van der Waals surface area (Å²) >= 11 is 0. The summed E-state index contributed by atoms with van der Waals surface area (Å²) < 4.78 is 5.40. The third kappa shape index (κ3) is 6.19. The molecule has 0 aliphatic carbocycles. The fourth-order valence-corrected chi connectivity index (χ4v) is 5.13. The number of aromatic amines is 1. The van der Waals surface area contributed by atoms with Gasteiger partial charge in [0.25, 0.3) is 5.56 Å². The molecular formula is C30H29N5O6. The first-order valence-electron chi connectivity index (χ1n) is 13.1. The Kier molecular flexibility index (Phi) is 7.68. The molecule has 0 radical (unpaired) electrons. The van der Waals surface area contributed by atoms with Crippen LogP contribution < -0.4 is 21.5 Å². The van der Waals surface area contributed by atoms with E-state index in [9.17, 15) is 24.3 Å². The minimum Gasteiger partial charge on any atom is -0.481 e. The zero-order chi connectivity index (χ0) is 29.1. The van der Waals surface area contributed by atoms with E-state index in [1.54, 1.807) is 42.5 Å². The van der Waals surface area contributed by atoms with Gasteiger partial charge < -0.3 is 25.5 Å². The van der Waals surface area contributed by atoms with Gasteiger partial charge >= 0.3 is 12.1 Å². The van der Waals surface area contributed by atoms with Gasteiger partial charge in [0.1, 0.15) is 6.04 Å². The standard InChI is InChI=1S/C30H29N5O6/c1-16-10-19-11-17(2)22(16)8-9-41-30(40)34-20-5-3-4-18(12-20)25(14-26(36)37)35-29(39)27(19)33-21-6-7-24-23(13-21)28(38)32-15-31-24/h3-7,10-13,15,25,27,33H,8-9,14H2,1-2H3,(H,34,40)(H,35,39)(H,36,37)(H,31,32,38). The summed E-state index contributed by atoms with van der Waals surface area (Å²) in [6, 6.07) is 13.6. The normalized spacial score (nSPS) is 17.4. The average molecular weight is 556 g/mol. The lowest BCUT2D eigenvalue weighted by atomic mass is 9.93. The number of amides is 2. The minimum atomic E-state index is -1.11. The number of carboxylic acids is 1. The van der Waals surface area contributed by atoms with Crippen LogP contribution in [-0.4, -0.2) is 39.7 Å². The van der Waals surface area contributed by atoms with Gasteiger partial charge in [-0.25, -0.2) is 9.78 Å². The Morgan fingerprint density at radius 2 is 1.83 bits per heavy atom. The van der Waals surface area contributed by atoms with Crippen molar-refractivity contribution >= 4 is 40.2 Å². The van der Waals surface area contributed by atoms with Crippen LogP contribution in [0.3, 0.4) is 0 Å². The molecule has 2 aliphatic heterocycles. The van der Waals surface area contributed by atoms with Crippen molar-refractivity contribution in [3.05, 3.63) is 99.1 Å². The molecule has 3 heterocycles. The number of nitrogens with one attached hydrogen (secondary N) is 4. The lowest BCUT2D eigenvalue weighted by Crippen LogP contribution is -2.37. The first kappa shape index (κ1) is 27.4. The number of carboxylic acid groups (broad SMARTS) is 1. The number of benzene rings is 3. The molecule has 2 amide bonds. The number of carbonyl (C=O) groups excluding carboxylic acids is 2. The molecular weight excluding hydrogens is 526 g/mol. The van der Waals surface area contributed by atoms with Gasteiger partial charge in [-0.3, -0.25) is 19.7 Å². The van der Waals surface area contributed by atoms with Crippen LogP contribution in [0.4, 0.5) is 16.2 Å². The Morgan fingerprint density at radius 3 is 2.59 bits per heavy atom. The highest BCUT2D eigenvalue weighted by Gasteiger charge is 2.27. The number of aliphatic carboxylic acids is 1. The van der Waals surface area contributed by atoms with E-state index in [2.05, 4.69) is 25.9 Å². The average Bonchev–Trinajstić information content (AvgIpc) is 2.92. The van der Waals surface area contributed by atoms with Crippen LogP contribution >= 0.6 is 0 Å². The van der Waals surface area contributed by atoms with Crippen LogP contribution in [-0.2, 0) is 20.7 Å². The van der Waals surface area contributed by atoms with Gasteiger partial charge in [-0.05, 0) is 72.0 Å². The Morgan fingerprint density at radius 1 is 1.05 bits per heavy atom. The van der Waals surface area contributed by atoms with E-state index in [-0.39, 0.29) is 18.6 Å². The van der Waals surface area contributed by atoms with Gasteiger partial charge in [0.15, 0.2) is 0 Å². The third-order valence-electron chi connectivity index (χ3n) is 7.08. The fraction of sp³-hybridized carbons (Fsp3) is 0.233. The van der Waals surface area contributed by atoms with Gasteiger partial charge in [0.05, 0.1) is 36.3 Å². The van der Waals surface area contributed by atoms with E-state index in [0.29, 0.717) is 39.8 Å². The van der Waals surface area contributed by atoms with E-state index >= 15 is 0 Å². The third-order valence-corrected chi connectivity index (χ3v) is 7.08. The predicted octanol–water partition coefficient (Wildman–Crippen LogP) is 4.13. The number of nitrogens with zero attached hydrogens (tertiary/aromatic N) is 1. The fourth-order valence-electron chi connectivity index (χ4n) is 5.13. The number of aromatic nitrogens is 2. The molecule has 0 saturated carbocycles. The number of H-pyrrole nitrogens is 1. The zero-order valence-electron chi connectivity index (χ0n) is 22.5. The molecule has 0 spiro atoms. The van der Waals surface area contributed by atoms with Crippen molar-refractivity contribution in [2.24, 2.45) is 0 Å². The quantitative estimate of drug-likeness (QED) is 0.251. The molecule has 41 heavy (non-hydrogen) atoms. The Labute approximate surface area is 235 Å². The summed E-state index contributed by atoms with van der Waals surface area (Å²) in [6.07, 6.45) is 0.791. The van der Waals surface area contributed by atoms with Crippen LogP contribution in [0.25, 0.3) is 10.9 Å². The molecule has 4 bridgehead atoms. The van der Waals surface area contributed by atoms with E-state index < -0.39 is 30.1 Å². The number of carbonyl (C=O) groups is 3. The van der Waals surface area contributed by atoms with Gasteiger partial charge in [-0.15, -0.1) is 0 Å². The zero-order valence-corrected chi connectivity index (χ0v) is 22.5. The second-order valence-corrected chi connectivity index (χ2v) is 9.97. The second kappa shape index (κ2) is 11.5. The largest absolute Gasteiger partial charge is 0.481 e. The van der Waals surface area contributed by atoms with E-state index in [4.69, 9.17) is 4.74 Å². The number of fused-ring (bicyclic) bond motifs is 10. The summed E-state index contributed by atoms with van der Waals surface area (Å²) in [5.41, 5.74) is 5.06.